The van der Waals surface area contributed by atoms with Crippen molar-refractivity contribution >= 4 is 28.6 Å². The highest BCUT2D eigenvalue weighted by Crippen LogP contribution is 2.21. The molecule has 0 radical (unpaired) electrons. The monoisotopic (exact) mass is 344 g/mol. The molecule has 0 aliphatic heterocycles. The van der Waals surface area contributed by atoms with Crippen molar-refractivity contribution in [3.8, 4) is 5.75 Å². The van der Waals surface area contributed by atoms with Crippen LogP contribution in [-0.2, 0) is 13.2 Å². The summed E-state index contributed by atoms with van der Waals surface area (Å²) in [7, 11) is 0. The number of benzene rings is 2. The van der Waals surface area contributed by atoms with Crippen molar-refractivity contribution in [2.75, 3.05) is 5.32 Å². The first kappa shape index (κ1) is 15.8. The first-order chi connectivity index (χ1) is 11.2. The van der Waals surface area contributed by atoms with E-state index in [1.54, 1.807) is 6.20 Å². The van der Waals surface area contributed by atoms with E-state index in [-0.39, 0.29) is 0 Å². The van der Waals surface area contributed by atoms with Crippen LogP contribution in [0.5, 0.6) is 5.75 Å². The molecule has 0 amide bonds. The average molecular weight is 345 g/mol. The zero-order valence-electron chi connectivity index (χ0n) is 12.8. The number of nitrogens with one attached hydrogen (secondary N) is 1. The summed E-state index contributed by atoms with van der Waals surface area (Å²) in [6, 6.07) is 16.3. The molecule has 2 aromatic carbocycles. The van der Waals surface area contributed by atoms with Gasteiger partial charge in [0.05, 0.1) is 6.54 Å². The molecule has 1 heterocycles. The molecule has 23 heavy (non-hydrogen) atoms. The fourth-order valence-electron chi connectivity index (χ4n) is 2.07. The van der Waals surface area contributed by atoms with Gasteiger partial charge in [-0.3, -0.25) is 0 Å². The molecule has 0 unspecified atom stereocenters. The Hall–Kier alpha value is -2.04. The largest absolute Gasteiger partial charge is 0.489 e. The predicted molar refractivity (Wildman–Crippen MR) is 96.4 cm³/mol. The van der Waals surface area contributed by atoms with Gasteiger partial charge in [0.2, 0.25) is 0 Å². The van der Waals surface area contributed by atoms with E-state index < -0.39 is 0 Å². The Kier molecular flexibility index (Phi) is 5.16. The minimum absolute atomic E-state index is 0.571. The van der Waals surface area contributed by atoms with Gasteiger partial charge < -0.3 is 10.1 Å². The van der Waals surface area contributed by atoms with Crippen molar-refractivity contribution in [1.29, 1.82) is 0 Å². The zero-order chi connectivity index (χ0) is 16.1. The van der Waals surface area contributed by atoms with E-state index in [1.807, 2.05) is 24.3 Å². The Bertz CT molecular complexity index is 753. The van der Waals surface area contributed by atoms with Crippen molar-refractivity contribution in [1.82, 2.24) is 4.98 Å². The van der Waals surface area contributed by atoms with E-state index in [0.717, 1.165) is 16.3 Å². The molecule has 3 rings (SSSR count). The first-order valence-corrected chi connectivity index (χ1v) is 8.51. The second kappa shape index (κ2) is 7.49. The van der Waals surface area contributed by atoms with Crippen LogP contribution in [0.25, 0.3) is 0 Å². The lowest BCUT2D eigenvalue weighted by atomic mass is 10.2. The van der Waals surface area contributed by atoms with Crippen molar-refractivity contribution < 1.29 is 4.74 Å². The van der Waals surface area contributed by atoms with E-state index in [1.165, 1.54) is 22.5 Å². The molecule has 0 atom stereocenters. The molecule has 0 saturated heterocycles. The Balaban J connectivity index is 1.51. The van der Waals surface area contributed by atoms with E-state index in [2.05, 4.69) is 41.5 Å². The van der Waals surface area contributed by atoms with E-state index in [9.17, 15) is 0 Å². The minimum atomic E-state index is 0.571. The fourth-order valence-corrected chi connectivity index (χ4v) is 2.99. The van der Waals surface area contributed by atoms with Crippen LogP contribution in [-0.4, -0.2) is 4.98 Å². The van der Waals surface area contributed by atoms with Crippen molar-refractivity contribution in [3.05, 3.63) is 75.2 Å². The van der Waals surface area contributed by atoms with Gasteiger partial charge >= 0.3 is 0 Å². The quantitative estimate of drug-likeness (QED) is 0.659. The molecule has 3 aromatic rings. The Morgan fingerprint density at radius 2 is 1.83 bits per heavy atom. The summed E-state index contributed by atoms with van der Waals surface area (Å²) < 4.78 is 6.37. The Labute approximate surface area is 144 Å². The summed E-state index contributed by atoms with van der Waals surface area (Å²) in [6.07, 6.45) is 1.79. The van der Waals surface area contributed by atoms with Gasteiger partial charge in [-0.05, 0) is 36.8 Å². The number of hydrogen-bond donors (Lipinski definition) is 1. The number of aryl methyl sites for hydroxylation is 1. The van der Waals surface area contributed by atoms with Gasteiger partial charge in [-0.15, -0.1) is 11.3 Å². The van der Waals surface area contributed by atoms with Crippen molar-refractivity contribution in [3.63, 3.8) is 0 Å². The lowest BCUT2D eigenvalue weighted by molar-refractivity contribution is 0.306. The number of ether oxygens (including phenoxy) is 1. The highest BCUT2D eigenvalue weighted by Gasteiger charge is 2.00. The van der Waals surface area contributed by atoms with Gasteiger partial charge in [-0.25, -0.2) is 4.98 Å². The van der Waals surface area contributed by atoms with Gasteiger partial charge in [-0.2, -0.15) is 0 Å². The average Bonchev–Trinajstić information content (AvgIpc) is 2.99. The topological polar surface area (TPSA) is 34.1 Å². The highest BCUT2D eigenvalue weighted by atomic mass is 35.5. The normalized spacial score (nSPS) is 10.5. The first-order valence-electron chi connectivity index (χ1n) is 7.31. The van der Waals surface area contributed by atoms with Crippen LogP contribution in [0.15, 0.2) is 54.7 Å². The van der Waals surface area contributed by atoms with Crippen LogP contribution in [0.2, 0.25) is 4.47 Å². The van der Waals surface area contributed by atoms with E-state index in [0.29, 0.717) is 17.6 Å². The maximum atomic E-state index is 5.82. The number of halogens is 1. The molecule has 0 bridgehead atoms. The summed E-state index contributed by atoms with van der Waals surface area (Å²) in [5.41, 5.74) is 3.46. The molecule has 1 aromatic heterocycles. The van der Waals surface area contributed by atoms with Gasteiger partial charge in [0.1, 0.15) is 12.4 Å². The highest BCUT2D eigenvalue weighted by molar-refractivity contribution is 7.15. The van der Waals surface area contributed by atoms with Crippen molar-refractivity contribution in [2.24, 2.45) is 0 Å². The van der Waals surface area contributed by atoms with Gasteiger partial charge in [0, 0.05) is 16.8 Å². The predicted octanol–water partition coefficient (Wildman–Crippen LogP) is 5.30. The lowest BCUT2D eigenvalue weighted by Gasteiger charge is -2.09. The molecule has 118 valence electrons. The number of rotatable bonds is 6. The van der Waals surface area contributed by atoms with Crippen LogP contribution in [0.4, 0.5) is 5.69 Å². The standard InChI is InChI=1S/C18H17ClN2OS/c1-13-2-4-14(5-3-13)12-22-16-8-6-15(7-9-16)20-10-17-11-21-18(19)23-17/h2-9,11,20H,10,12H2,1H3. The fraction of sp³-hybridized carbons (Fsp3) is 0.167. The van der Waals surface area contributed by atoms with Gasteiger partial charge in [-0.1, -0.05) is 41.4 Å². The third-order valence-electron chi connectivity index (χ3n) is 3.37. The van der Waals surface area contributed by atoms with Crippen LogP contribution in [0, 0.1) is 6.92 Å². The van der Waals surface area contributed by atoms with Crippen LogP contribution >= 0.6 is 22.9 Å². The third-order valence-corrected chi connectivity index (χ3v) is 4.49. The smallest absolute Gasteiger partial charge is 0.183 e. The molecule has 0 fully saturated rings. The summed E-state index contributed by atoms with van der Waals surface area (Å²) in [6.45, 7) is 3.37. The number of hydrogen-bond acceptors (Lipinski definition) is 4. The third kappa shape index (κ3) is 4.71. The number of anilines is 1. The van der Waals surface area contributed by atoms with Crippen LogP contribution < -0.4 is 10.1 Å². The zero-order valence-corrected chi connectivity index (χ0v) is 14.3. The second-order valence-corrected chi connectivity index (χ2v) is 6.93. The van der Waals surface area contributed by atoms with Gasteiger partial charge in [0.25, 0.3) is 0 Å². The summed E-state index contributed by atoms with van der Waals surface area (Å²) in [4.78, 5) is 5.13. The maximum absolute atomic E-state index is 5.82. The Morgan fingerprint density at radius 3 is 2.48 bits per heavy atom. The Morgan fingerprint density at radius 1 is 1.09 bits per heavy atom. The molecule has 0 saturated carbocycles. The molecular formula is C18H17ClN2OS. The SMILES string of the molecule is Cc1ccc(COc2ccc(NCc3cnc(Cl)s3)cc2)cc1. The maximum Gasteiger partial charge on any atom is 0.183 e. The molecular weight excluding hydrogens is 328 g/mol. The molecule has 0 spiro atoms. The molecule has 1 N–H and O–H groups in total. The number of thiazole rings is 1. The summed E-state index contributed by atoms with van der Waals surface area (Å²) >= 11 is 7.30. The van der Waals surface area contributed by atoms with Crippen molar-refractivity contribution in [2.45, 2.75) is 20.1 Å². The lowest BCUT2D eigenvalue weighted by Crippen LogP contribution is -1.98. The molecule has 5 heteroatoms. The van der Waals surface area contributed by atoms with Gasteiger partial charge in [0.15, 0.2) is 4.47 Å². The number of aromatic nitrogens is 1. The van der Waals surface area contributed by atoms with E-state index in [4.69, 9.17) is 16.3 Å². The number of nitrogens with zero attached hydrogens (tertiary/aromatic N) is 1. The van der Waals surface area contributed by atoms with Crippen LogP contribution in [0.1, 0.15) is 16.0 Å². The minimum Gasteiger partial charge on any atom is -0.489 e. The molecule has 3 nitrogen and oxygen atoms in total. The molecule has 0 aliphatic carbocycles. The summed E-state index contributed by atoms with van der Waals surface area (Å²) in [5, 5.41) is 3.34. The van der Waals surface area contributed by atoms with Crippen LogP contribution in [0.3, 0.4) is 0 Å². The van der Waals surface area contributed by atoms with E-state index >= 15 is 0 Å². The second-order valence-electron chi connectivity index (χ2n) is 5.23. The molecule has 0 aliphatic rings. The summed E-state index contributed by atoms with van der Waals surface area (Å²) in [5.74, 6) is 0.858.